The lowest BCUT2D eigenvalue weighted by molar-refractivity contribution is 0.404. The fraction of sp³-hybridized carbons (Fsp3) is 0.133. The predicted molar refractivity (Wildman–Crippen MR) is 77.8 cm³/mol. The molecule has 2 heterocycles. The number of aromatic amines is 1. The van der Waals surface area contributed by atoms with Crippen LogP contribution in [0.5, 0.6) is 5.75 Å². The first-order chi connectivity index (χ1) is 10.3. The van der Waals surface area contributed by atoms with Gasteiger partial charge in [-0.25, -0.2) is 4.68 Å². The first-order valence-corrected chi connectivity index (χ1v) is 6.49. The molecule has 0 aliphatic heterocycles. The summed E-state index contributed by atoms with van der Waals surface area (Å²) in [4.78, 5) is 14.3. The fourth-order valence-corrected chi connectivity index (χ4v) is 2.15. The van der Waals surface area contributed by atoms with Gasteiger partial charge in [-0.2, -0.15) is 0 Å². The summed E-state index contributed by atoms with van der Waals surface area (Å²) in [5, 5.41) is 8.24. The van der Waals surface area contributed by atoms with E-state index in [2.05, 4.69) is 15.3 Å². The Kier molecular flexibility index (Phi) is 3.51. The van der Waals surface area contributed by atoms with Crippen LogP contribution in [0.3, 0.4) is 0 Å². The van der Waals surface area contributed by atoms with Crippen molar-refractivity contribution < 1.29 is 4.74 Å². The monoisotopic (exact) mass is 282 g/mol. The molecule has 0 fully saturated rings. The van der Waals surface area contributed by atoms with Crippen molar-refractivity contribution in [3.63, 3.8) is 0 Å². The molecule has 0 aliphatic carbocycles. The minimum atomic E-state index is -0.245. The van der Waals surface area contributed by atoms with Gasteiger partial charge in [0.05, 0.1) is 24.7 Å². The van der Waals surface area contributed by atoms with Gasteiger partial charge in [0.15, 0.2) is 5.75 Å². The number of hydrogen-bond acceptors (Lipinski definition) is 4. The Morgan fingerprint density at radius 1 is 1.24 bits per heavy atom. The molecule has 3 aromatic rings. The molecule has 0 atom stereocenters. The van der Waals surface area contributed by atoms with Crippen molar-refractivity contribution in [2.75, 3.05) is 7.11 Å². The van der Waals surface area contributed by atoms with Gasteiger partial charge >= 0.3 is 0 Å². The minimum absolute atomic E-state index is 0.245. The second kappa shape index (κ2) is 5.62. The third kappa shape index (κ3) is 2.69. The standard InChI is InChI=1S/C15H14N4O2/c1-21-14-11(7-8-16-15(14)20)9-12-10-19(18-17-12)13-5-3-2-4-6-13/h2-8,10H,9H2,1H3,(H,16,20). The second-order valence-electron chi connectivity index (χ2n) is 4.53. The largest absolute Gasteiger partial charge is 0.491 e. The van der Waals surface area contributed by atoms with Crippen molar-refractivity contribution in [2.45, 2.75) is 6.42 Å². The molecule has 0 aliphatic rings. The number of methoxy groups -OCH3 is 1. The highest BCUT2D eigenvalue weighted by atomic mass is 16.5. The van der Waals surface area contributed by atoms with Crippen LogP contribution in [0.25, 0.3) is 5.69 Å². The molecule has 21 heavy (non-hydrogen) atoms. The third-order valence-corrected chi connectivity index (χ3v) is 3.13. The van der Waals surface area contributed by atoms with Crippen LogP contribution in [0, 0.1) is 0 Å². The summed E-state index contributed by atoms with van der Waals surface area (Å²) in [5.74, 6) is 0.312. The van der Waals surface area contributed by atoms with Gasteiger partial charge in [-0.15, -0.1) is 5.10 Å². The van der Waals surface area contributed by atoms with E-state index < -0.39 is 0 Å². The van der Waals surface area contributed by atoms with Gasteiger partial charge in [0.2, 0.25) is 0 Å². The molecular formula is C15H14N4O2. The van der Waals surface area contributed by atoms with E-state index in [0.717, 1.165) is 16.9 Å². The Balaban J connectivity index is 1.89. The fourth-order valence-electron chi connectivity index (χ4n) is 2.15. The van der Waals surface area contributed by atoms with Crippen LogP contribution in [0.2, 0.25) is 0 Å². The van der Waals surface area contributed by atoms with Gasteiger partial charge in [-0.3, -0.25) is 4.79 Å². The second-order valence-corrected chi connectivity index (χ2v) is 4.53. The SMILES string of the molecule is COc1c(Cc2cn(-c3ccccc3)nn2)cc[nH]c1=O. The van der Waals surface area contributed by atoms with Crippen LogP contribution in [0.4, 0.5) is 0 Å². The number of benzene rings is 1. The summed E-state index contributed by atoms with van der Waals surface area (Å²) in [7, 11) is 1.48. The number of ether oxygens (including phenoxy) is 1. The van der Waals surface area contributed by atoms with Crippen LogP contribution >= 0.6 is 0 Å². The van der Waals surface area contributed by atoms with Crippen molar-refractivity contribution in [1.29, 1.82) is 0 Å². The Labute approximate surface area is 121 Å². The highest BCUT2D eigenvalue weighted by Gasteiger charge is 2.10. The summed E-state index contributed by atoms with van der Waals surface area (Å²) >= 11 is 0. The first-order valence-electron chi connectivity index (χ1n) is 6.49. The molecule has 1 N–H and O–H groups in total. The number of rotatable bonds is 4. The van der Waals surface area contributed by atoms with Gasteiger partial charge in [0, 0.05) is 18.2 Å². The summed E-state index contributed by atoms with van der Waals surface area (Å²) in [6, 6.07) is 11.5. The zero-order valence-corrected chi connectivity index (χ0v) is 11.5. The molecule has 0 saturated heterocycles. The summed E-state index contributed by atoms with van der Waals surface area (Å²) in [5.41, 5.74) is 2.24. The van der Waals surface area contributed by atoms with Gasteiger partial charge in [0.25, 0.3) is 5.56 Å². The van der Waals surface area contributed by atoms with E-state index >= 15 is 0 Å². The van der Waals surface area contributed by atoms with Gasteiger partial charge < -0.3 is 9.72 Å². The summed E-state index contributed by atoms with van der Waals surface area (Å²) in [6.45, 7) is 0. The zero-order valence-electron chi connectivity index (χ0n) is 11.5. The van der Waals surface area contributed by atoms with E-state index in [-0.39, 0.29) is 5.56 Å². The van der Waals surface area contributed by atoms with E-state index in [9.17, 15) is 4.79 Å². The van der Waals surface area contributed by atoms with E-state index in [1.54, 1.807) is 10.9 Å². The topological polar surface area (TPSA) is 72.8 Å². The molecule has 2 aromatic heterocycles. The Hall–Kier alpha value is -2.89. The van der Waals surface area contributed by atoms with Gasteiger partial charge in [0.1, 0.15) is 0 Å². The molecule has 0 radical (unpaired) electrons. The molecule has 6 heteroatoms. The van der Waals surface area contributed by atoms with Gasteiger partial charge in [-0.05, 0) is 18.2 Å². The Morgan fingerprint density at radius 3 is 2.81 bits per heavy atom. The van der Waals surface area contributed by atoms with Crippen LogP contribution in [-0.4, -0.2) is 27.1 Å². The number of H-pyrrole nitrogens is 1. The molecule has 0 bridgehead atoms. The maximum absolute atomic E-state index is 11.7. The van der Waals surface area contributed by atoms with Crippen LogP contribution in [0.1, 0.15) is 11.3 Å². The average Bonchev–Trinajstić information content (AvgIpc) is 2.97. The molecule has 0 spiro atoms. The lowest BCUT2D eigenvalue weighted by atomic mass is 10.1. The lowest BCUT2D eigenvalue weighted by Gasteiger charge is -2.04. The highest BCUT2D eigenvalue weighted by Crippen LogP contribution is 2.16. The highest BCUT2D eigenvalue weighted by molar-refractivity contribution is 5.34. The molecule has 0 amide bonds. The quantitative estimate of drug-likeness (QED) is 0.788. The van der Waals surface area contributed by atoms with E-state index in [1.807, 2.05) is 42.6 Å². The third-order valence-electron chi connectivity index (χ3n) is 3.13. The normalized spacial score (nSPS) is 10.5. The number of hydrogen-bond donors (Lipinski definition) is 1. The Bertz CT molecular complexity index is 793. The molecule has 0 saturated carbocycles. The number of pyridine rings is 1. The molecule has 6 nitrogen and oxygen atoms in total. The average molecular weight is 282 g/mol. The van der Waals surface area contributed by atoms with Crippen molar-refractivity contribution in [3.05, 3.63) is 70.4 Å². The van der Waals surface area contributed by atoms with E-state index in [1.165, 1.54) is 7.11 Å². The van der Waals surface area contributed by atoms with Crippen LogP contribution < -0.4 is 10.3 Å². The Morgan fingerprint density at radius 2 is 2.05 bits per heavy atom. The van der Waals surface area contributed by atoms with Crippen molar-refractivity contribution >= 4 is 0 Å². The molecule has 1 aromatic carbocycles. The van der Waals surface area contributed by atoms with Crippen molar-refractivity contribution in [3.8, 4) is 11.4 Å². The maximum Gasteiger partial charge on any atom is 0.290 e. The predicted octanol–water partition coefficient (Wildman–Crippen LogP) is 1.55. The van der Waals surface area contributed by atoms with Crippen LogP contribution in [-0.2, 0) is 6.42 Å². The molecule has 106 valence electrons. The zero-order chi connectivity index (χ0) is 14.7. The number of aromatic nitrogens is 4. The van der Waals surface area contributed by atoms with Crippen molar-refractivity contribution in [2.24, 2.45) is 0 Å². The minimum Gasteiger partial charge on any atom is -0.491 e. The van der Waals surface area contributed by atoms with Crippen molar-refractivity contribution in [1.82, 2.24) is 20.0 Å². The number of nitrogens with zero attached hydrogens (tertiary/aromatic N) is 3. The lowest BCUT2D eigenvalue weighted by Crippen LogP contribution is -2.11. The smallest absolute Gasteiger partial charge is 0.290 e. The van der Waals surface area contributed by atoms with Crippen LogP contribution in [0.15, 0.2) is 53.6 Å². The molecule has 0 unspecified atom stereocenters. The van der Waals surface area contributed by atoms with E-state index in [4.69, 9.17) is 4.74 Å². The maximum atomic E-state index is 11.7. The summed E-state index contributed by atoms with van der Waals surface area (Å²) < 4.78 is 6.84. The van der Waals surface area contributed by atoms with Gasteiger partial charge in [-0.1, -0.05) is 23.4 Å². The molecule has 3 rings (SSSR count). The molecular weight excluding hydrogens is 268 g/mol. The first kappa shape index (κ1) is 13.1. The van der Waals surface area contributed by atoms with E-state index in [0.29, 0.717) is 12.2 Å². The number of nitrogens with one attached hydrogen (secondary N) is 1. The number of para-hydroxylation sites is 1. The summed E-state index contributed by atoms with van der Waals surface area (Å²) in [6.07, 6.45) is 3.93.